The van der Waals surface area contributed by atoms with Gasteiger partial charge in [0.15, 0.2) is 0 Å². The topological polar surface area (TPSA) is 26.3 Å². The fourth-order valence-electron chi connectivity index (χ4n) is 5.75. The van der Waals surface area contributed by atoms with E-state index in [2.05, 4.69) is 6.92 Å². The van der Waals surface area contributed by atoms with Crippen LogP contribution in [-0.4, -0.2) is 12.1 Å². The zero-order chi connectivity index (χ0) is 10.9. The Morgan fingerprint density at radius 2 is 1.56 bits per heavy atom. The quantitative estimate of drug-likeness (QED) is 0.635. The molecule has 5 rings (SSSR count). The fourth-order valence-corrected chi connectivity index (χ4v) is 5.75. The van der Waals surface area contributed by atoms with E-state index >= 15 is 0 Å². The number of esters is 1. The molecule has 1 saturated heterocycles. The van der Waals surface area contributed by atoms with Crippen LogP contribution in [0.5, 0.6) is 0 Å². The van der Waals surface area contributed by atoms with Gasteiger partial charge < -0.3 is 4.74 Å². The molecule has 2 atom stereocenters. The highest BCUT2D eigenvalue weighted by molar-refractivity contribution is 5.79. The molecule has 0 unspecified atom stereocenters. The van der Waals surface area contributed by atoms with E-state index in [4.69, 9.17) is 4.74 Å². The lowest BCUT2D eigenvalue weighted by Gasteiger charge is -2.61. The zero-order valence-electron chi connectivity index (χ0n) is 9.95. The monoisotopic (exact) mass is 220 g/mol. The van der Waals surface area contributed by atoms with Crippen LogP contribution in [0.2, 0.25) is 0 Å². The van der Waals surface area contributed by atoms with E-state index in [1.54, 1.807) is 0 Å². The molecule has 0 spiro atoms. The molecule has 88 valence electrons. The molecule has 1 heterocycles. The van der Waals surface area contributed by atoms with Gasteiger partial charge in [0.1, 0.15) is 6.10 Å². The van der Waals surface area contributed by atoms with Crippen LogP contribution in [0, 0.1) is 29.1 Å². The summed E-state index contributed by atoms with van der Waals surface area (Å²) in [6, 6.07) is 0. The molecule has 16 heavy (non-hydrogen) atoms. The molecule has 0 radical (unpaired) electrons. The average molecular weight is 220 g/mol. The Balaban J connectivity index is 1.68. The van der Waals surface area contributed by atoms with Crippen LogP contribution in [-0.2, 0) is 9.53 Å². The molecule has 5 fully saturated rings. The van der Waals surface area contributed by atoms with Gasteiger partial charge in [0.25, 0.3) is 0 Å². The van der Waals surface area contributed by atoms with Gasteiger partial charge in [-0.15, -0.1) is 0 Å². The van der Waals surface area contributed by atoms with Gasteiger partial charge >= 0.3 is 5.97 Å². The van der Waals surface area contributed by atoms with E-state index < -0.39 is 0 Å². The van der Waals surface area contributed by atoms with Gasteiger partial charge in [-0.1, -0.05) is 0 Å². The minimum absolute atomic E-state index is 0.106. The average Bonchev–Trinajstić information content (AvgIpc) is 2.13. The van der Waals surface area contributed by atoms with Crippen molar-refractivity contribution in [3.05, 3.63) is 0 Å². The summed E-state index contributed by atoms with van der Waals surface area (Å²) in [7, 11) is 0. The van der Waals surface area contributed by atoms with Gasteiger partial charge in [-0.2, -0.15) is 0 Å². The van der Waals surface area contributed by atoms with Crippen molar-refractivity contribution in [3.63, 3.8) is 0 Å². The SMILES string of the molecule is C[C@@H]1OC(=O)[C@@H]1C12CC3CC(CC(C3)C1)C2. The maximum atomic E-state index is 11.7. The zero-order valence-corrected chi connectivity index (χ0v) is 9.95. The molecular weight excluding hydrogens is 200 g/mol. The second kappa shape index (κ2) is 2.83. The first-order chi connectivity index (χ1) is 7.66. The number of hydrogen-bond acceptors (Lipinski definition) is 2. The van der Waals surface area contributed by atoms with Gasteiger partial charge in [0.05, 0.1) is 5.92 Å². The lowest BCUT2D eigenvalue weighted by atomic mass is 9.45. The molecule has 4 bridgehead atoms. The van der Waals surface area contributed by atoms with Crippen molar-refractivity contribution in [2.75, 3.05) is 0 Å². The Bertz CT molecular complexity index is 311. The van der Waals surface area contributed by atoms with Crippen molar-refractivity contribution in [2.45, 2.75) is 51.6 Å². The highest BCUT2D eigenvalue weighted by atomic mass is 16.6. The first-order valence-electron chi connectivity index (χ1n) is 6.87. The second-order valence-corrected chi connectivity index (χ2v) is 6.90. The van der Waals surface area contributed by atoms with E-state index in [1.807, 2.05) is 0 Å². The van der Waals surface area contributed by atoms with Crippen molar-refractivity contribution in [3.8, 4) is 0 Å². The molecule has 4 aliphatic carbocycles. The van der Waals surface area contributed by atoms with Crippen LogP contribution in [0.15, 0.2) is 0 Å². The van der Waals surface area contributed by atoms with E-state index in [1.165, 1.54) is 38.5 Å². The Hall–Kier alpha value is -0.530. The van der Waals surface area contributed by atoms with Gasteiger partial charge in [-0.25, -0.2) is 0 Å². The predicted molar refractivity (Wildman–Crippen MR) is 59.6 cm³/mol. The molecule has 0 aromatic heterocycles. The Kier molecular flexibility index (Phi) is 1.68. The molecule has 0 amide bonds. The fraction of sp³-hybridized carbons (Fsp3) is 0.929. The minimum Gasteiger partial charge on any atom is -0.461 e. The summed E-state index contributed by atoms with van der Waals surface area (Å²) in [4.78, 5) is 11.7. The predicted octanol–water partition coefficient (Wildman–Crippen LogP) is 2.76. The van der Waals surface area contributed by atoms with Crippen molar-refractivity contribution in [2.24, 2.45) is 29.1 Å². The maximum Gasteiger partial charge on any atom is 0.313 e. The summed E-state index contributed by atoms with van der Waals surface area (Å²) in [5, 5.41) is 0. The molecule has 0 aromatic carbocycles. The molecular formula is C14H20O2. The van der Waals surface area contributed by atoms with Gasteiger partial charge in [0.2, 0.25) is 0 Å². The molecule has 4 saturated carbocycles. The number of carbonyl (C=O) groups is 1. The van der Waals surface area contributed by atoms with E-state index in [0.717, 1.165) is 17.8 Å². The van der Waals surface area contributed by atoms with Crippen molar-refractivity contribution < 1.29 is 9.53 Å². The first kappa shape index (κ1) is 9.49. The van der Waals surface area contributed by atoms with E-state index in [9.17, 15) is 4.79 Å². The van der Waals surface area contributed by atoms with E-state index in [-0.39, 0.29) is 18.0 Å². The number of hydrogen-bond donors (Lipinski definition) is 0. The molecule has 5 aliphatic rings. The van der Waals surface area contributed by atoms with Gasteiger partial charge in [-0.3, -0.25) is 4.79 Å². The van der Waals surface area contributed by atoms with Gasteiger partial charge in [-0.05, 0) is 68.6 Å². The Labute approximate surface area is 96.7 Å². The third-order valence-electron chi connectivity index (χ3n) is 5.77. The van der Waals surface area contributed by atoms with Crippen molar-refractivity contribution >= 4 is 5.97 Å². The normalized spacial score (nSPS) is 58.3. The Morgan fingerprint density at radius 1 is 1.06 bits per heavy atom. The highest BCUT2D eigenvalue weighted by Crippen LogP contribution is 2.64. The van der Waals surface area contributed by atoms with Crippen LogP contribution in [0.25, 0.3) is 0 Å². The van der Waals surface area contributed by atoms with E-state index in [0.29, 0.717) is 5.41 Å². The lowest BCUT2D eigenvalue weighted by Crippen LogP contribution is -2.59. The standard InChI is InChI=1S/C14H20O2/c1-8-12(13(15)16-8)14-5-9-2-10(6-14)4-11(3-9)7-14/h8-12H,2-7H2,1H3/t8-,9?,10?,11?,12+,14?/m0/s1. The van der Waals surface area contributed by atoms with Crippen LogP contribution < -0.4 is 0 Å². The van der Waals surface area contributed by atoms with Crippen LogP contribution >= 0.6 is 0 Å². The summed E-state index contributed by atoms with van der Waals surface area (Å²) >= 11 is 0. The van der Waals surface area contributed by atoms with Crippen molar-refractivity contribution in [1.29, 1.82) is 0 Å². The Morgan fingerprint density at radius 3 is 1.94 bits per heavy atom. The molecule has 2 nitrogen and oxygen atoms in total. The van der Waals surface area contributed by atoms with Gasteiger partial charge in [0, 0.05) is 0 Å². The summed E-state index contributed by atoms with van der Waals surface area (Å²) in [5.41, 5.74) is 0.365. The summed E-state index contributed by atoms with van der Waals surface area (Å²) in [5.74, 6) is 3.17. The minimum atomic E-state index is 0.106. The lowest BCUT2D eigenvalue weighted by molar-refractivity contribution is -0.213. The maximum absolute atomic E-state index is 11.7. The molecule has 0 aromatic rings. The van der Waals surface area contributed by atoms with Crippen molar-refractivity contribution in [1.82, 2.24) is 0 Å². The van der Waals surface area contributed by atoms with Crippen LogP contribution in [0.1, 0.15) is 45.4 Å². The smallest absolute Gasteiger partial charge is 0.313 e. The largest absolute Gasteiger partial charge is 0.461 e. The number of rotatable bonds is 1. The number of carbonyl (C=O) groups excluding carboxylic acids is 1. The summed E-state index contributed by atoms with van der Waals surface area (Å²) < 4.78 is 5.20. The summed E-state index contributed by atoms with van der Waals surface area (Å²) in [6.45, 7) is 2.09. The van der Waals surface area contributed by atoms with Crippen LogP contribution in [0.3, 0.4) is 0 Å². The third kappa shape index (κ3) is 1.06. The molecule has 1 aliphatic heterocycles. The third-order valence-corrected chi connectivity index (χ3v) is 5.77. The molecule has 2 heteroatoms. The molecule has 0 N–H and O–H groups in total. The number of ether oxygens (including phenoxy) is 1. The highest BCUT2D eigenvalue weighted by Gasteiger charge is 2.61. The van der Waals surface area contributed by atoms with Crippen LogP contribution in [0.4, 0.5) is 0 Å². The second-order valence-electron chi connectivity index (χ2n) is 6.90. The summed E-state index contributed by atoms with van der Waals surface area (Å²) in [6.07, 6.45) is 8.53. The number of cyclic esters (lactones) is 1. The first-order valence-corrected chi connectivity index (χ1v) is 6.87.